The molecular formula is C12H15NO4S. The van der Waals surface area contributed by atoms with E-state index in [9.17, 15) is 8.42 Å². The van der Waals surface area contributed by atoms with Crippen molar-refractivity contribution in [1.82, 2.24) is 0 Å². The molecule has 6 heteroatoms. The van der Waals surface area contributed by atoms with Gasteiger partial charge in [-0.05, 0) is 25.0 Å². The normalized spacial score (nSPS) is 21.8. The number of ether oxygens (including phenoxy) is 2. The number of benzene rings is 1. The molecule has 3 rings (SSSR count). The van der Waals surface area contributed by atoms with Crippen molar-refractivity contribution in [2.45, 2.75) is 18.9 Å². The standard InChI is InChI=1S/C12H15NO4S/c14-18(15)5-3-9(4-6-18)13-10-1-2-11-12(7-10)17-8-16-11/h1-2,7,9,13H,3-6,8H2. The largest absolute Gasteiger partial charge is 0.454 e. The van der Waals surface area contributed by atoms with Crippen molar-refractivity contribution in [2.75, 3.05) is 23.6 Å². The Hall–Kier alpha value is -1.43. The summed E-state index contributed by atoms with van der Waals surface area (Å²) in [4.78, 5) is 0. The Morgan fingerprint density at radius 1 is 1.11 bits per heavy atom. The predicted molar refractivity (Wildman–Crippen MR) is 67.9 cm³/mol. The fourth-order valence-electron chi connectivity index (χ4n) is 2.26. The minimum atomic E-state index is -2.80. The van der Waals surface area contributed by atoms with Gasteiger partial charge in [-0.15, -0.1) is 0 Å². The van der Waals surface area contributed by atoms with E-state index in [1.54, 1.807) is 0 Å². The van der Waals surface area contributed by atoms with E-state index in [0.29, 0.717) is 12.8 Å². The second-order valence-corrected chi connectivity index (χ2v) is 6.94. The van der Waals surface area contributed by atoms with Gasteiger partial charge in [-0.3, -0.25) is 0 Å². The molecule has 0 atom stereocenters. The van der Waals surface area contributed by atoms with Crippen LogP contribution in [0.1, 0.15) is 12.8 Å². The van der Waals surface area contributed by atoms with Crippen molar-refractivity contribution in [1.29, 1.82) is 0 Å². The van der Waals surface area contributed by atoms with Crippen LogP contribution in [-0.2, 0) is 9.84 Å². The lowest BCUT2D eigenvalue weighted by Crippen LogP contribution is -2.32. The van der Waals surface area contributed by atoms with Gasteiger partial charge in [-0.2, -0.15) is 0 Å². The molecule has 5 nitrogen and oxygen atoms in total. The zero-order valence-corrected chi connectivity index (χ0v) is 10.7. The summed E-state index contributed by atoms with van der Waals surface area (Å²) in [5, 5.41) is 3.35. The van der Waals surface area contributed by atoms with Gasteiger partial charge in [0, 0.05) is 17.8 Å². The van der Waals surface area contributed by atoms with E-state index < -0.39 is 9.84 Å². The van der Waals surface area contributed by atoms with Gasteiger partial charge in [0.2, 0.25) is 6.79 Å². The van der Waals surface area contributed by atoms with Crippen molar-refractivity contribution in [3.63, 3.8) is 0 Å². The van der Waals surface area contributed by atoms with Crippen LogP contribution >= 0.6 is 0 Å². The van der Waals surface area contributed by atoms with E-state index >= 15 is 0 Å². The molecule has 0 amide bonds. The molecule has 2 aliphatic rings. The summed E-state index contributed by atoms with van der Waals surface area (Å²) in [6.45, 7) is 0.264. The summed E-state index contributed by atoms with van der Waals surface area (Å²) in [6.07, 6.45) is 1.33. The summed E-state index contributed by atoms with van der Waals surface area (Å²) in [7, 11) is -2.80. The second-order valence-electron chi connectivity index (χ2n) is 4.64. The molecule has 2 aliphatic heterocycles. The first-order valence-electron chi connectivity index (χ1n) is 5.99. The van der Waals surface area contributed by atoms with E-state index in [0.717, 1.165) is 17.2 Å². The lowest BCUT2D eigenvalue weighted by Gasteiger charge is -2.24. The third-order valence-electron chi connectivity index (χ3n) is 3.30. The van der Waals surface area contributed by atoms with Crippen LogP contribution in [0, 0.1) is 0 Å². The second kappa shape index (κ2) is 4.35. The molecule has 0 bridgehead atoms. The number of fused-ring (bicyclic) bond motifs is 1. The van der Waals surface area contributed by atoms with Crippen LogP contribution < -0.4 is 14.8 Å². The van der Waals surface area contributed by atoms with Gasteiger partial charge in [0.25, 0.3) is 0 Å². The first-order chi connectivity index (χ1) is 8.62. The zero-order chi connectivity index (χ0) is 12.6. The summed E-state index contributed by atoms with van der Waals surface area (Å²) >= 11 is 0. The van der Waals surface area contributed by atoms with E-state index in [2.05, 4.69) is 5.32 Å². The number of hydrogen-bond acceptors (Lipinski definition) is 5. The van der Waals surface area contributed by atoms with Crippen molar-refractivity contribution in [2.24, 2.45) is 0 Å². The molecule has 0 spiro atoms. The average molecular weight is 269 g/mol. The topological polar surface area (TPSA) is 64.6 Å². The number of anilines is 1. The van der Waals surface area contributed by atoms with Crippen molar-refractivity contribution in [3.05, 3.63) is 18.2 Å². The molecule has 98 valence electrons. The molecule has 1 fully saturated rings. The Bertz CT molecular complexity index is 541. The highest BCUT2D eigenvalue weighted by atomic mass is 32.2. The molecule has 2 heterocycles. The van der Waals surface area contributed by atoms with Crippen LogP contribution in [0.4, 0.5) is 5.69 Å². The molecule has 1 aromatic carbocycles. The molecule has 0 aliphatic carbocycles. The van der Waals surface area contributed by atoms with Crippen LogP contribution in [0.3, 0.4) is 0 Å². The fourth-order valence-corrected chi connectivity index (χ4v) is 3.75. The quantitative estimate of drug-likeness (QED) is 0.879. The average Bonchev–Trinajstić information content (AvgIpc) is 2.79. The molecular weight excluding hydrogens is 254 g/mol. The minimum absolute atomic E-state index is 0.217. The van der Waals surface area contributed by atoms with E-state index in [-0.39, 0.29) is 24.3 Å². The third-order valence-corrected chi connectivity index (χ3v) is 5.01. The number of rotatable bonds is 2. The van der Waals surface area contributed by atoms with Gasteiger partial charge in [0.1, 0.15) is 9.84 Å². The maximum atomic E-state index is 11.3. The Morgan fingerprint density at radius 2 is 1.83 bits per heavy atom. The predicted octanol–water partition coefficient (Wildman–Crippen LogP) is 1.40. The van der Waals surface area contributed by atoms with E-state index in [4.69, 9.17) is 9.47 Å². The van der Waals surface area contributed by atoms with Gasteiger partial charge in [0.05, 0.1) is 11.5 Å². The Kier molecular flexibility index (Phi) is 2.81. The molecule has 1 N–H and O–H groups in total. The Morgan fingerprint density at radius 3 is 2.61 bits per heavy atom. The Labute approximate surface area is 106 Å². The molecule has 1 aromatic rings. The summed E-state index contributed by atoms with van der Waals surface area (Å²) < 4.78 is 33.2. The lowest BCUT2D eigenvalue weighted by molar-refractivity contribution is 0.174. The van der Waals surface area contributed by atoms with Crippen LogP contribution in [0.15, 0.2) is 18.2 Å². The van der Waals surface area contributed by atoms with E-state index in [1.165, 1.54) is 0 Å². The maximum Gasteiger partial charge on any atom is 0.231 e. The molecule has 0 saturated carbocycles. The molecule has 0 aromatic heterocycles. The van der Waals surface area contributed by atoms with Gasteiger partial charge < -0.3 is 14.8 Å². The number of sulfone groups is 1. The summed E-state index contributed by atoms with van der Waals surface area (Å²) in [5.74, 6) is 2.04. The van der Waals surface area contributed by atoms with E-state index in [1.807, 2.05) is 18.2 Å². The summed E-state index contributed by atoms with van der Waals surface area (Å²) in [5.41, 5.74) is 0.948. The fraction of sp³-hybridized carbons (Fsp3) is 0.500. The highest BCUT2D eigenvalue weighted by Gasteiger charge is 2.23. The van der Waals surface area contributed by atoms with Crippen LogP contribution in [-0.4, -0.2) is 32.8 Å². The zero-order valence-electron chi connectivity index (χ0n) is 9.89. The monoisotopic (exact) mass is 269 g/mol. The maximum absolute atomic E-state index is 11.3. The highest BCUT2D eigenvalue weighted by Crippen LogP contribution is 2.34. The van der Waals surface area contributed by atoms with Crippen molar-refractivity contribution in [3.8, 4) is 11.5 Å². The molecule has 0 unspecified atom stereocenters. The highest BCUT2D eigenvalue weighted by molar-refractivity contribution is 7.91. The van der Waals surface area contributed by atoms with Crippen molar-refractivity contribution >= 4 is 15.5 Å². The van der Waals surface area contributed by atoms with Crippen molar-refractivity contribution < 1.29 is 17.9 Å². The minimum Gasteiger partial charge on any atom is -0.454 e. The van der Waals surface area contributed by atoms with Gasteiger partial charge >= 0.3 is 0 Å². The molecule has 0 radical (unpaired) electrons. The number of nitrogens with one attached hydrogen (secondary N) is 1. The molecule has 18 heavy (non-hydrogen) atoms. The SMILES string of the molecule is O=S1(=O)CCC(Nc2ccc3c(c2)OCO3)CC1. The third kappa shape index (κ3) is 2.38. The smallest absolute Gasteiger partial charge is 0.231 e. The summed E-state index contributed by atoms with van der Waals surface area (Å²) in [6, 6.07) is 5.90. The number of hydrogen-bond donors (Lipinski definition) is 1. The molecule has 1 saturated heterocycles. The first kappa shape index (κ1) is 11.6. The van der Waals surface area contributed by atoms with Crippen LogP contribution in [0.25, 0.3) is 0 Å². The van der Waals surface area contributed by atoms with Gasteiger partial charge in [-0.1, -0.05) is 0 Å². The van der Waals surface area contributed by atoms with Gasteiger partial charge in [0.15, 0.2) is 11.5 Å². The van der Waals surface area contributed by atoms with Gasteiger partial charge in [-0.25, -0.2) is 8.42 Å². The lowest BCUT2D eigenvalue weighted by atomic mass is 10.1. The first-order valence-corrected chi connectivity index (χ1v) is 7.81. The van der Waals surface area contributed by atoms with Crippen LogP contribution in [0.5, 0.6) is 11.5 Å². The Balaban J connectivity index is 1.67. The van der Waals surface area contributed by atoms with Crippen LogP contribution in [0.2, 0.25) is 0 Å².